The minimum atomic E-state index is -0.271. The number of ether oxygens (including phenoxy) is 2. The van der Waals surface area contributed by atoms with E-state index in [2.05, 4.69) is 20.2 Å². The number of aromatic amines is 1. The summed E-state index contributed by atoms with van der Waals surface area (Å²) in [6.45, 7) is 0. The average Bonchev–Trinajstić information content (AvgIpc) is 3.37. The van der Waals surface area contributed by atoms with Crippen LogP contribution < -0.4 is 15.0 Å². The Bertz CT molecular complexity index is 1250. The summed E-state index contributed by atoms with van der Waals surface area (Å²) in [5, 5.41) is 7.76. The van der Waals surface area contributed by atoms with Gasteiger partial charge >= 0.3 is 0 Å². The molecule has 3 aromatic heterocycles. The Balaban J connectivity index is 1.85. The number of fused-ring (bicyclic) bond motifs is 1. The average molecular weight is 434 g/mol. The van der Waals surface area contributed by atoms with Crippen molar-refractivity contribution in [2.45, 2.75) is 10.9 Å². The Kier molecular flexibility index (Phi) is 5.20. The monoisotopic (exact) mass is 433 g/mol. The molecular formula is C18H16ClN5O4S. The topological polar surface area (TPSA) is 108 Å². The summed E-state index contributed by atoms with van der Waals surface area (Å²) < 4.78 is 17.4. The molecule has 29 heavy (non-hydrogen) atoms. The minimum Gasteiger partial charge on any atom is -0.493 e. The third kappa shape index (κ3) is 3.34. The van der Waals surface area contributed by atoms with Crippen molar-refractivity contribution in [3.63, 3.8) is 0 Å². The van der Waals surface area contributed by atoms with Gasteiger partial charge in [0.1, 0.15) is 10.6 Å². The van der Waals surface area contributed by atoms with E-state index in [9.17, 15) is 4.79 Å². The number of halogens is 1. The third-order valence-electron chi connectivity index (χ3n) is 4.26. The predicted molar refractivity (Wildman–Crippen MR) is 109 cm³/mol. The minimum absolute atomic E-state index is 0.117. The smallest absolute Gasteiger partial charge is 0.272 e. The molecule has 0 saturated heterocycles. The number of aromatic nitrogens is 5. The van der Waals surface area contributed by atoms with Gasteiger partial charge in [0.05, 0.1) is 25.8 Å². The van der Waals surface area contributed by atoms with Crippen LogP contribution in [0.2, 0.25) is 0 Å². The van der Waals surface area contributed by atoms with E-state index in [0.29, 0.717) is 44.8 Å². The molecule has 0 bridgehead atoms. The van der Waals surface area contributed by atoms with Gasteiger partial charge in [0.25, 0.3) is 11.4 Å². The first kappa shape index (κ1) is 19.3. The summed E-state index contributed by atoms with van der Waals surface area (Å²) in [7, 11) is 3.12. The Hall–Kier alpha value is -2.98. The molecule has 0 aliphatic rings. The molecule has 1 aromatic carbocycles. The third-order valence-corrected chi connectivity index (χ3v) is 5.24. The zero-order valence-corrected chi connectivity index (χ0v) is 17.3. The van der Waals surface area contributed by atoms with E-state index in [0.717, 1.165) is 0 Å². The lowest BCUT2D eigenvalue weighted by Gasteiger charge is -2.07. The highest BCUT2D eigenvalue weighted by Crippen LogP contribution is 2.35. The summed E-state index contributed by atoms with van der Waals surface area (Å²) >= 11 is 7.28. The molecule has 3 heterocycles. The SMILES string of the molecule is COc1ccc(-c2noc(-c3c(SC)[nH]n4c(=O)cc(CCl)nc34)n2)cc1OC. The molecule has 0 aliphatic heterocycles. The number of benzene rings is 1. The zero-order chi connectivity index (χ0) is 20.5. The largest absolute Gasteiger partial charge is 0.493 e. The van der Waals surface area contributed by atoms with E-state index in [1.807, 2.05) is 6.26 Å². The fraction of sp³-hybridized carbons (Fsp3) is 0.222. The summed E-state index contributed by atoms with van der Waals surface area (Å²) in [6.07, 6.45) is 1.87. The number of nitrogens with zero attached hydrogens (tertiary/aromatic N) is 4. The maximum absolute atomic E-state index is 12.4. The van der Waals surface area contributed by atoms with E-state index in [4.69, 9.17) is 25.6 Å². The number of hydrogen-bond donors (Lipinski definition) is 1. The van der Waals surface area contributed by atoms with Crippen molar-refractivity contribution in [2.75, 3.05) is 20.5 Å². The molecule has 11 heteroatoms. The first-order valence-corrected chi connectivity index (χ1v) is 10.2. The van der Waals surface area contributed by atoms with Crippen LogP contribution in [-0.2, 0) is 5.88 Å². The lowest BCUT2D eigenvalue weighted by Crippen LogP contribution is -2.15. The highest BCUT2D eigenvalue weighted by Gasteiger charge is 2.22. The molecule has 4 aromatic rings. The second-order valence-electron chi connectivity index (χ2n) is 5.89. The Labute approximate surface area is 174 Å². The molecule has 150 valence electrons. The van der Waals surface area contributed by atoms with Crippen molar-refractivity contribution < 1.29 is 14.0 Å². The van der Waals surface area contributed by atoms with Crippen molar-refractivity contribution in [1.82, 2.24) is 24.7 Å². The zero-order valence-electron chi connectivity index (χ0n) is 15.7. The van der Waals surface area contributed by atoms with E-state index >= 15 is 0 Å². The summed E-state index contributed by atoms with van der Waals surface area (Å²) in [5.41, 5.74) is 1.80. The van der Waals surface area contributed by atoms with Crippen LogP contribution in [0.1, 0.15) is 5.69 Å². The van der Waals surface area contributed by atoms with Crippen LogP contribution in [-0.4, -0.2) is 45.2 Å². The van der Waals surface area contributed by atoms with Gasteiger partial charge in [-0.15, -0.1) is 23.4 Å². The van der Waals surface area contributed by atoms with Gasteiger partial charge < -0.3 is 14.0 Å². The van der Waals surface area contributed by atoms with Crippen LogP contribution in [0.3, 0.4) is 0 Å². The Morgan fingerprint density at radius 1 is 1.21 bits per heavy atom. The molecule has 0 aliphatic carbocycles. The fourth-order valence-corrected chi connectivity index (χ4v) is 3.59. The molecule has 0 unspecified atom stereocenters. The highest BCUT2D eigenvalue weighted by atomic mass is 35.5. The predicted octanol–water partition coefficient (Wildman–Crippen LogP) is 3.22. The van der Waals surface area contributed by atoms with Gasteiger partial charge in [0, 0.05) is 11.6 Å². The number of alkyl halides is 1. The number of thioether (sulfide) groups is 1. The number of hydrogen-bond acceptors (Lipinski definition) is 8. The first-order valence-electron chi connectivity index (χ1n) is 8.40. The number of H-pyrrole nitrogens is 1. The lowest BCUT2D eigenvalue weighted by atomic mass is 10.2. The van der Waals surface area contributed by atoms with Gasteiger partial charge in [-0.25, -0.2) is 4.98 Å². The Morgan fingerprint density at radius 3 is 2.69 bits per heavy atom. The standard InChI is InChI=1S/C18H16ClN5O4S/c1-26-11-5-4-9(6-12(11)27-2)15-21-17(28-23-15)14-16-20-10(8-19)7-13(25)24(16)22-18(14)29-3/h4-7,22H,8H2,1-3H3. The van der Waals surface area contributed by atoms with E-state index < -0.39 is 0 Å². The van der Waals surface area contributed by atoms with Crippen molar-refractivity contribution >= 4 is 29.0 Å². The summed E-state index contributed by atoms with van der Waals surface area (Å²) in [6, 6.07) is 6.70. The van der Waals surface area contributed by atoms with Gasteiger partial charge in [-0.1, -0.05) is 5.16 Å². The van der Waals surface area contributed by atoms with Crippen LogP contribution in [0.5, 0.6) is 11.5 Å². The number of rotatable bonds is 6. The fourth-order valence-electron chi connectivity index (χ4n) is 2.89. The molecule has 9 nitrogen and oxygen atoms in total. The maximum Gasteiger partial charge on any atom is 0.272 e. The molecular weight excluding hydrogens is 418 g/mol. The quantitative estimate of drug-likeness (QED) is 0.365. The van der Waals surface area contributed by atoms with Crippen molar-refractivity contribution in [3.8, 4) is 34.3 Å². The van der Waals surface area contributed by atoms with Crippen molar-refractivity contribution in [1.29, 1.82) is 0 Å². The molecule has 0 fully saturated rings. The van der Waals surface area contributed by atoms with Gasteiger partial charge in [-0.05, 0) is 24.5 Å². The lowest BCUT2D eigenvalue weighted by molar-refractivity contribution is 0.355. The second kappa shape index (κ2) is 7.80. The molecule has 0 radical (unpaired) electrons. The molecule has 4 rings (SSSR count). The van der Waals surface area contributed by atoms with Crippen LogP contribution in [0.15, 0.2) is 38.6 Å². The first-order chi connectivity index (χ1) is 14.1. The van der Waals surface area contributed by atoms with Crippen LogP contribution >= 0.6 is 23.4 Å². The molecule has 0 amide bonds. The van der Waals surface area contributed by atoms with Gasteiger partial charge in [0.15, 0.2) is 17.1 Å². The highest BCUT2D eigenvalue weighted by molar-refractivity contribution is 7.98. The maximum atomic E-state index is 12.4. The van der Waals surface area contributed by atoms with Crippen LogP contribution in [0.4, 0.5) is 0 Å². The van der Waals surface area contributed by atoms with Crippen LogP contribution in [0, 0.1) is 0 Å². The Morgan fingerprint density at radius 2 is 2.00 bits per heavy atom. The van der Waals surface area contributed by atoms with Gasteiger partial charge in [-0.3, -0.25) is 9.89 Å². The van der Waals surface area contributed by atoms with Crippen molar-refractivity contribution in [2.24, 2.45) is 0 Å². The second-order valence-corrected chi connectivity index (χ2v) is 6.98. The summed E-state index contributed by atoms with van der Waals surface area (Å²) in [5.74, 6) is 1.86. The molecule has 0 spiro atoms. The number of methoxy groups -OCH3 is 2. The molecule has 1 N–H and O–H groups in total. The van der Waals surface area contributed by atoms with Gasteiger partial charge in [-0.2, -0.15) is 9.50 Å². The van der Waals surface area contributed by atoms with E-state index in [1.165, 1.54) is 22.3 Å². The number of nitrogens with one attached hydrogen (secondary N) is 1. The van der Waals surface area contributed by atoms with Crippen LogP contribution in [0.25, 0.3) is 28.5 Å². The normalized spacial score (nSPS) is 11.2. The van der Waals surface area contributed by atoms with Crippen molar-refractivity contribution in [3.05, 3.63) is 40.3 Å². The molecule has 0 atom stereocenters. The summed E-state index contributed by atoms with van der Waals surface area (Å²) in [4.78, 5) is 21.3. The molecule has 0 saturated carbocycles. The van der Waals surface area contributed by atoms with E-state index in [1.54, 1.807) is 32.4 Å². The van der Waals surface area contributed by atoms with E-state index in [-0.39, 0.29) is 17.3 Å². The van der Waals surface area contributed by atoms with Gasteiger partial charge in [0.2, 0.25) is 5.82 Å².